The number of pyridine rings is 1. The van der Waals surface area contributed by atoms with E-state index in [9.17, 15) is 0 Å². The van der Waals surface area contributed by atoms with Gasteiger partial charge in [0.2, 0.25) is 5.95 Å². The van der Waals surface area contributed by atoms with E-state index in [1.807, 2.05) is 25.1 Å². The van der Waals surface area contributed by atoms with Gasteiger partial charge in [-0.25, -0.2) is 9.97 Å². The van der Waals surface area contributed by atoms with Gasteiger partial charge in [0.05, 0.1) is 34.2 Å². The highest BCUT2D eigenvalue weighted by atomic mass is 32.1. The van der Waals surface area contributed by atoms with Crippen LogP contribution in [-0.2, 0) is 0 Å². The summed E-state index contributed by atoms with van der Waals surface area (Å²) in [6, 6.07) is 10.0. The Morgan fingerprint density at radius 2 is 1.89 bits per heavy atom. The van der Waals surface area contributed by atoms with Crippen LogP contribution >= 0.6 is 11.3 Å². The van der Waals surface area contributed by atoms with Crippen LogP contribution in [0.1, 0.15) is 23.5 Å². The number of anilines is 1. The Kier molecular flexibility index (Phi) is 4.84. The SMILES string of the molecule is Cc1ccc(-c2nc(N[C@@H](C)c3ccccn3)ncc2-c2cnccn2)s1. The fourth-order valence-electron chi connectivity index (χ4n) is 2.73. The molecule has 0 fully saturated rings. The second-order valence-electron chi connectivity index (χ2n) is 6.08. The molecule has 7 heteroatoms. The molecule has 27 heavy (non-hydrogen) atoms. The number of nitrogens with one attached hydrogen (secondary N) is 1. The van der Waals surface area contributed by atoms with Gasteiger partial charge in [-0.15, -0.1) is 11.3 Å². The summed E-state index contributed by atoms with van der Waals surface area (Å²) in [4.78, 5) is 24.6. The molecule has 0 aliphatic heterocycles. The lowest BCUT2D eigenvalue weighted by Gasteiger charge is -2.15. The summed E-state index contributed by atoms with van der Waals surface area (Å²) in [6.45, 7) is 4.12. The monoisotopic (exact) mass is 374 g/mol. The van der Waals surface area contributed by atoms with E-state index in [0.717, 1.165) is 27.5 Å². The number of hydrogen-bond donors (Lipinski definition) is 1. The standard InChI is InChI=1S/C20H18N6S/c1-13-6-7-18(27-13)19-15(17-12-21-9-10-23-17)11-24-20(26-19)25-14(2)16-5-3-4-8-22-16/h3-12,14H,1-2H3,(H,24,25,26)/t14-/m0/s1. The molecule has 0 amide bonds. The minimum absolute atomic E-state index is 0.00788. The van der Waals surface area contributed by atoms with Crippen molar-refractivity contribution in [1.29, 1.82) is 0 Å². The zero-order valence-corrected chi connectivity index (χ0v) is 15.8. The van der Waals surface area contributed by atoms with Crippen LogP contribution in [0.3, 0.4) is 0 Å². The molecule has 1 N–H and O–H groups in total. The Hall–Kier alpha value is -3.19. The van der Waals surface area contributed by atoms with Gasteiger partial charge in [0, 0.05) is 35.2 Å². The Labute approximate surface area is 161 Å². The van der Waals surface area contributed by atoms with Crippen molar-refractivity contribution in [3.8, 4) is 21.8 Å². The van der Waals surface area contributed by atoms with Gasteiger partial charge in [0.15, 0.2) is 0 Å². The van der Waals surface area contributed by atoms with Gasteiger partial charge in [-0.1, -0.05) is 6.07 Å². The van der Waals surface area contributed by atoms with Crippen molar-refractivity contribution < 1.29 is 0 Å². The third kappa shape index (κ3) is 3.83. The van der Waals surface area contributed by atoms with E-state index in [-0.39, 0.29) is 6.04 Å². The molecule has 0 aliphatic carbocycles. The average Bonchev–Trinajstić information content (AvgIpc) is 3.15. The molecule has 4 rings (SSSR count). The van der Waals surface area contributed by atoms with E-state index in [0.29, 0.717) is 5.95 Å². The van der Waals surface area contributed by atoms with E-state index >= 15 is 0 Å². The first-order valence-electron chi connectivity index (χ1n) is 8.58. The van der Waals surface area contributed by atoms with Crippen molar-refractivity contribution in [2.24, 2.45) is 0 Å². The predicted molar refractivity (Wildman–Crippen MR) is 107 cm³/mol. The summed E-state index contributed by atoms with van der Waals surface area (Å²) >= 11 is 1.70. The zero-order valence-electron chi connectivity index (χ0n) is 15.0. The molecular weight excluding hydrogens is 356 g/mol. The summed E-state index contributed by atoms with van der Waals surface area (Å²) in [7, 11) is 0. The second-order valence-corrected chi connectivity index (χ2v) is 7.37. The summed E-state index contributed by atoms with van der Waals surface area (Å²) in [5.74, 6) is 0.557. The predicted octanol–water partition coefficient (Wildman–Crippen LogP) is 4.54. The van der Waals surface area contributed by atoms with Crippen LogP contribution in [0.2, 0.25) is 0 Å². The minimum atomic E-state index is -0.00788. The first-order chi connectivity index (χ1) is 13.2. The number of rotatable bonds is 5. The molecule has 0 radical (unpaired) electrons. The molecular formula is C20H18N6S. The van der Waals surface area contributed by atoms with Gasteiger partial charge in [-0.05, 0) is 38.1 Å². The van der Waals surface area contributed by atoms with Crippen molar-refractivity contribution in [3.05, 3.63) is 71.9 Å². The topological polar surface area (TPSA) is 76.5 Å². The lowest BCUT2D eigenvalue weighted by molar-refractivity contribution is 0.822. The van der Waals surface area contributed by atoms with Gasteiger partial charge >= 0.3 is 0 Å². The summed E-state index contributed by atoms with van der Waals surface area (Å²) < 4.78 is 0. The molecule has 6 nitrogen and oxygen atoms in total. The molecule has 0 unspecified atom stereocenters. The summed E-state index contributed by atoms with van der Waals surface area (Å²) in [6.07, 6.45) is 8.64. The molecule has 4 heterocycles. The lowest BCUT2D eigenvalue weighted by Crippen LogP contribution is -2.11. The van der Waals surface area contributed by atoms with Gasteiger partial charge in [-0.3, -0.25) is 15.0 Å². The van der Waals surface area contributed by atoms with Crippen LogP contribution in [-0.4, -0.2) is 24.9 Å². The molecule has 4 aromatic heterocycles. The average molecular weight is 374 g/mol. The first-order valence-corrected chi connectivity index (χ1v) is 9.40. The normalized spacial score (nSPS) is 11.9. The van der Waals surface area contributed by atoms with Crippen molar-refractivity contribution in [1.82, 2.24) is 24.9 Å². The molecule has 0 bridgehead atoms. The fraction of sp³-hybridized carbons (Fsp3) is 0.150. The highest BCUT2D eigenvalue weighted by Gasteiger charge is 2.16. The van der Waals surface area contributed by atoms with E-state index in [2.05, 4.69) is 44.3 Å². The molecule has 0 saturated heterocycles. The van der Waals surface area contributed by atoms with Crippen LogP contribution in [0.5, 0.6) is 0 Å². The Balaban J connectivity index is 1.73. The number of hydrogen-bond acceptors (Lipinski definition) is 7. The maximum Gasteiger partial charge on any atom is 0.223 e. The Morgan fingerprint density at radius 3 is 2.59 bits per heavy atom. The van der Waals surface area contributed by atoms with Crippen LogP contribution in [0.15, 0.2) is 61.3 Å². The van der Waals surface area contributed by atoms with E-state index in [1.54, 1.807) is 42.3 Å². The molecule has 0 aromatic carbocycles. The van der Waals surface area contributed by atoms with Gasteiger partial charge in [-0.2, -0.15) is 0 Å². The van der Waals surface area contributed by atoms with Crippen LogP contribution in [0.4, 0.5) is 5.95 Å². The maximum atomic E-state index is 4.79. The second kappa shape index (κ2) is 7.59. The Bertz CT molecular complexity index is 1030. The molecule has 134 valence electrons. The van der Waals surface area contributed by atoms with Crippen molar-refractivity contribution >= 4 is 17.3 Å². The van der Waals surface area contributed by atoms with Crippen molar-refractivity contribution in [2.75, 3.05) is 5.32 Å². The van der Waals surface area contributed by atoms with Crippen LogP contribution in [0, 0.1) is 6.92 Å². The number of thiophene rings is 1. The number of aromatic nitrogens is 5. The molecule has 0 saturated carbocycles. The third-order valence-corrected chi connectivity index (χ3v) is 5.09. The number of nitrogens with zero attached hydrogens (tertiary/aromatic N) is 5. The van der Waals surface area contributed by atoms with Gasteiger partial charge < -0.3 is 5.32 Å². The quantitative estimate of drug-likeness (QED) is 0.553. The van der Waals surface area contributed by atoms with Crippen LogP contribution < -0.4 is 5.32 Å². The van der Waals surface area contributed by atoms with Gasteiger partial charge in [0.1, 0.15) is 0 Å². The van der Waals surface area contributed by atoms with E-state index in [1.165, 1.54) is 4.88 Å². The molecule has 4 aromatic rings. The highest BCUT2D eigenvalue weighted by Crippen LogP contribution is 2.34. The van der Waals surface area contributed by atoms with Crippen molar-refractivity contribution in [2.45, 2.75) is 19.9 Å². The number of aryl methyl sites for hydroxylation is 1. The molecule has 1 atom stereocenters. The third-order valence-electron chi connectivity index (χ3n) is 4.08. The summed E-state index contributed by atoms with van der Waals surface area (Å²) in [5, 5.41) is 3.34. The van der Waals surface area contributed by atoms with E-state index in [4.69, 9.17) is 4.98 Å². The van der Waals surface area contributed by atoms with Crippen molar-refractivity contribution in [3.63, 3.8) is 0 Å². The highest BCUT2D eigenvalue weighted by molar-refractivity contribution is 7.15. The fourth-order valence-corrected chi connectivity index (χ4v) is 3.60. The van der Waals surface area contributed by atoms with E-state index < -0.39 is 0 Å². The van der Waals surface area contributed by atoms with Crippen LogP contribution in [0.25, 0.3) is 21.8 Å². The minimum Gasteiger partial charge on any atom is -0.346 e. The smallest absolute Gasteiger partial charge is 0.223 e. The zero-order chi connectivity index (χ0) is 18.6. The largest absolute Gasteiger partial charge is 0.346 e. The first kappa shape index (κ1) is 17.2. The van der Waals surface area contributed by atoms with Gasteiger partial charge in [0.25, 0.3) is 0 Å². The Morgan fingerprint density at radius 1 is 0.963 bits per heavy atom. The molecule has 0 aliphatic rings. The lowest BCUT2D eigenvalue weighted by atomic mass is 10.1. The maximum absolute atomic E-state index is 4.79. The molecule has 0 spiro atoms. The summed E-state index contributed by atoms with van der Waals surface area (Å²) in [5.41, 5.74) is 3.40.